The van der Waals surface area contributed by atoms with Crippen molar-refractivity contribution in [2.75, 3.05) is 39.8 Å². The molecular formula is C32H42ClF2N3O3. The molecule has 2 aromatic carbocycles. The summed E-state index contributed by atoms with van der Waals surface area (Å²) in [5, 5.41) is 0.329. The Morgan fingerprint density at radius 1 is 1.05 bits per heavy atom. The molecule has 9 heteroatoms. The number of piperazine rings is 1. The normalized spacial score (nSPS) is 23.1. The molecule has 2 saturated heterocycles. The molecule has 0 saturated carbocycles. The molecule has 4 rings (SSSR count). The first kappa shape index (κ1) is 31.4. The Balaban J connectivity index is 1.55. The zero-order valence-corrected chi connectivity index (χ0v) is 25.9. The molecular weight excluding hydrogens is 548 g/mol. The third-order valence-electron chi connectivity index (χ3n) is 8.86. The van der Waals surface area contributed by atoms with Crippen LogP contribution in [0.25, 0.3) is 0 Å². The van der Waals surface area contributed by atoms with Crippen LogP contribution in [0.1, 0.15) is 55.9 Å². The molecule has 2 heterocycles. The van der Waals surface area contributed by atoms with Crippen molar-refractivity contribution in [1.82, 2.24) is 14.7 Å². The van der Waals surface area contributed by atoms with Gasteiger partial charge in [0.05, 0.1) is 13.0 Å². The smallest absolute Gasteiger partial charge is 0.323 e. The van der Waals surface area contributed by atoms with Crippen LogP contribution in [-0.4, -0.2) is 84.0 Å². The van der Waals surface area contributed by atoms with E-state index in [0.717, 1.165) is 16.7 Å². The summed E-state index contributed by atoms with van der Waals surface area (Å²) in [6.07, 6.45) is 0.395. The van der Waals surface area contributed by atoms with E-state index in [1.165, 1.54) is 25.3 Å². The van der Waals surface area contributed by atoms with Gasteiger partial charge in [0.15, 0.2) is 0 Å². The second kappa shape index (κ2) is 12.4. The Kier molecular flexibility index (Phi) is 9.46. The van der Waals surface area contributed by atoms with Gasteiger partial charge in [0.2, 0.25) is 5.91 Å². The molecule has 4 atom stereocenters. The first-order valence-corrected chi connectivity index (χ1v) is 14.7. The van der Waals surface area contributed by atoms with Gasteiger partial charge in [-0.15, -0.1) is 0 Å². The molecule has 41 heavy (non-hydrogen) atoms. The minimum absolute atomic E-state index is 0.00286. The fourth-order valence-corrected chi connectivity index (χ4v) is 6.64. The lowest BCUT2D eigenvalue weighted by Crippen LogP contribution is -2.59. The lowest BCUT2D eigenvalue weighted by molar-refractivity contribution is -0.150. The van der Waals surface area contributed by atoms with Crippen LogP contribution >= 0.6 is 11.6 Å². The van der Waals surface area contributed by atoms with E-state index in [2.05, 4.69) is 30.6 Å². The van der Waals surface area contributed by atoms with Crippen LogP contribution in [0.5, 0.6) is 0 Å². The van der Waals surface area contributed by atoms with E-state index in [9.17, 15) is 14.0 Å². The molecule has 2 aliphatic rings. The number of methoxy groups -OCH3 is 1. The molecule has 0 aromatic heterocycles. The number of esters is 1. The van der Waals surface area contributed by atoms with Crippen LogP contribution in [0.15, 0.2) is 30.3 Å². The summed E-state index contributed by atoms with van der Waals surface area (Å²) in [7, 11) is 1.38. The highest BCUT2D eigenvalue weighted by molar-refractivity contribution is 6.30. The molecule has 0 N–H and O–H groups in total. The number of likely N-dealkylation sites (tertiary alicyclic amines) is 1. The fraction of sp³-hybridized carbons (Fsp3) is 0.562. The molecule has 6 nitrogen and oxygen atoms in total. The monoisotopic (exact) mass is 589 g/mol. The topological polar surface area (TPSA) is 53.1 Å². The van der Waals surface area contributed by atoms with Crippen molar-refractivity contribution < 1.29 is 23.1 Å². The molecule has 0 aliphatic carbocycles. The third kappa shape index (κ3) is 6.76. The summed E-state index contributed by atoms with van der Waals surface area (Å²) in [6, 6.07) is 6.95. The minimum atomic E-state index is -0.554. The van der Waals surface area contributed by atoms with Crippen molar-refractivity contribution in [1.29, 1.82) is 0 Å². The number of hydrogen-bond acceptors (Lipinski definition) is 5. The van der Waals surface area contributed by atoms with Gasteiger partial charge in [-0.3, -0.25) is 19.4 Å². The molecule has 0 spiro atoms. The SMILES string of the molecule is COC(=O)[C@H](Cc1c(C)cc(F)cc1C)N1CCN(C(=O)[C@@H]2CN(C(C)(C)C)C[C@H]2c2ccc(Cl)cc2F)[C@@H](C)C1. The van der Waals surface area contributed by atoms with Gasteiger partial charge >= 0.3 is 5.97 Å². The number of rotatable bonds is 6. The Hall–Kier alpha value is -2.55. The van der Waals surface area contributed by atoms with Crippen molar-refractivity contribution in [2.24, 2.45) is 5.92 Å². The van der Waals surface area contributed by atoms with E-state index in [1.807, 2.05) is 25.7 Å². The largest absolute Gasteiger partial charge is 0.468 e. The van der Waals surface area contributed by atoms with Gasteiger partial charge in [-0.1, -0.05) is 17.7 Å². The van der Waals surface area contributed by atoms with Crippen LogP contribution in [-0.2, 0) is 20.7 Å². The second-order valence-electron chi connectivity index (χ2n) is 12.6. The molecule has 0 radical (unpaired) electrons. The summed E-state index contributed by atoms with van der Waals surface area (Å²) in [6.45, 7) is 14.5. The second-order valence-corrected chi connectivity index (χ2v) is 13.0. The molecule has 224 valence electrons. The first-order valence-electron chi connectivity index (χ1n) is 14.3. The van der Waals surface area contributed by atoms with Gasteiger partial charge in [0.1, 0.15) is 17.7 Å². The van der Waals surface area contributed by atoms with Gasteiger partial charge in [-0.25, -0.2) is 8.78 Å². The molecule has 0 unspecified atom stereocenters. The average molecular weight is 590 g/mol. The number of nitrogens with zero attached hydrogens (tertiary/aromatic N) is 3. The van der Waals surface area contributed by atoms with Crippen molar-refractivity contribution in [2.45, 2.75) is 71.5 Å². The van der Waals surface area contributed by atoms with Gasteiger partial charge in [-0.2, -0.15) is 0 Å². The Morgan fingerprint density at radius 3 is 2.27 bits per heavy atom. The zero-order chi connectivity index (χ0) is 30.2. The maximum Gasteiger partial charge on any atom is 0.323 e. The molecule has 1 amide bonds. The lowest BCUT2D eigenvalue weighted by Gasteiger charge is -2.43. The van der Waals surface area contributed by atoms with Crippen molar-refractivity contribution in [3.05, 3.63) is 69.2 Å². The summed E-state index contributed by atoms with van der Waals surface area (Å²) in [5.74, 6) is -1.73. The highest BCUT2D eigenvalue weighted by atomic mass is 35.5. The Morgan fingerprint density at radius 2 is 1.71 bits per heavy atom. The fourth-order valence-electron chi connectivity index (χ4n) is 6.48. The van der Waals surface area contributed by atoms with Gasteiger partial charge < -0.3 is 9.64 Å². The lowest BCUT2D eigenvalue weighted by atomic mass is 9.87. The van der Waals surface area contributed by atoms with Crippen LogP contribution < -0.4 is 0 Å². The number of amides is 1. The van der Waals surface area contributed by atoms with E-state index in [0.29, 0.717) is 49.7 Å². The van der Waals surface area contributed by atoms with Crippen LogP contribution in [0.4, 0.5) is 8.78 Å². The summed E-state index contributed by atoms with van der Waals surface area (Å²) in [5.41, 5.74) is 2.85. The van der Waals surface area contributed by atoms with Gasteiger partial charge in [0, 0.05) is 55.2 Å². The third-order valence-corrected chi connectivity index (χ3v) is 9.10. The number of ether oxygens (including phenoxy) is 1. The predicted octanol–water partition coefficient (Wildman–Crippen LogP) is 5.37. The highest BCUT2D eigenvalue weighted by Crippen LogP contribution is 2.39. The first-order chi connectivity index (χ1) is 19.2. The predicted molar refractivity (Wildman–Crippen MR) is 157 cm³/mol. The maximum atomic E-state index is 15.1. The van der Waals surface area contributed by atoms with E-state index in [4.69, 9.17) is 16.3 Å². The number of carbonyl (C=O) groups excluding carboxylic acids is 2. The van der Waals surface area contributed by atoms with E-state index >= 15 is 4.39 Å². The molecule has 2 aliphatic heterocycles. The van der Waals surface area contributed by atoms with Gasteiger partial charge in [0.25, 0.3) is 0 Å². The van der Waals surface area contributed by atoms with Crippen LogP contribution in [0.3, 0.4) is 0 Å². The number of benzene rings is 2. The van der Waals surface area contributed by atoms with Crippen molar-refractivity contribution in [3.8, 4) is 0 Å². The highest BCUT2D eigenvalue weighted by Gasteiger charge is 2.46. The number of hydrogen-bond donors (Lipinski definition) is 0. The minimum Gasteiger partial charge on any atom is -0.468 e. The summed E-state index contributed by atoms with van der Waals surface area (Å²) in [4.78, 5) is 33.3. The Bertz CT molecular complexity index is 1270. The zero-order valence-electron chi connectivity index (χ0n) is 25.1. The van der Waals surface area contributed by atoms with E-state index < -0.39 is 12.0 Å². The standard InChI is InChI=1S/C32H42ClF2N3O3/c1-19-12-23(34)13-20(2)25(19)15-29(31(40)41-7)36-10-11-38(21(3)16-36)30(39)27-18-37(32(4,5)6)17-26(27)24-9-8-22(33)14-28(24)35/h8-9,12-14,21,26-27,29H,10-11,15-18H2,1-7H3/t21-,26-,27+,29-/m0/s1. The van der Waals surface area contributed by atoms with E-state index in [1.54, 1.807) is 12.1 Å². The average Bonchev–Trinajstić information content (AvgIpc) is 3.33. The van der Waals surface area contributed by atoms with Gasteiger partial charge in [-0.05, 0) is 94.5 Å². The number of aryl methyl sites for hydroxylation is 2. The van der Waals surface area contributed by atoms with Crippen molar-refractivity contribution >= 4 is 23.5 Å². The molecule has 2 aromatic rings. The molecule has 0 bridgehead atoms. The molecule has 2 fully saturated rings. The van der Waals surface area contributed by atoms with Crippen LogP contribution in [0.2, 0.25) is 5.02 Å². The van der Waals surface area contributed by atoms with Crippen molar-refractivity contribution in [3.63, 3.8) is 0 Å². The van der Waals surface area contributed by atoms with Crippen LogP contribution in [0, 0.1) is 31.4 Å². The number of halogens is 3. The summed E-state index contributed by atoms with van der Waals surface area (Å²) >= 11 is 6.03. The maximum absolute atomic E-state index is 15.1. The summed E-state index contributed by atoms with van der Waals surface area (Å²) < 4.78 is 34.2. The van der Waals surface area contributed by atoms with E-state index in [-0.39, 0.29) is 41.0 Å². The number of carbonyl (C=O) groups is 2. The Labute approximate surface area is 247 Å². The quantitative estimate of drug-likeness (QED) is 0.424.